The van der Waals surface area contributed by atoms with Gasteiger partial charge in [-0.15, -0.1) is 0 Å². The fourth-order valence-corrected chi connectivity index (χ4v) is 4.24. The van der Waals surface area contributed by atoms with Gasteiger partial charge in [0.1, 0.15) is 0 Å². The number of carbonyl (C=O) groups excluding carboxylic acids is 2. The summed E-state index contributed by atoms with van der Waals surface area (Å²) in [5, 5.41) is 6.14. The minimum absolute atomic E-state index is 0.0194. The normalized spacial score (nSPS) is 19.5. The summed E-state index contributed by atoms with van der Waals surface area (Å²) >= 11 is 1.04. The smallest absolute Gasteiger partial charge is 0.273 e. The Kier molecular flexibility index (Phi) is 5.08. The molecule has 2 amide bonds. The lowest BCUT2D eigenvalue weighted by molar-refractivity contribution is 0.0900. The van der Waals surface area contributed by atoms with Gasteiger partial charge in [-0.05, 0) is 50.8 Å². The molecule has 2 aromatic heterocycles. The zero-order valence-electron chi connectivity index (χ0n) is 15.8. The summed E-state index contributed by atoms with van der Waals surface area (Å²) in [5.74, 6) is -0.298. The molecule has 0 radical (unpaired) electrons. The quantitative estimate of drug-likeness (QED) is 0.702. The number of amides is 2. The molecule has 146 valence electrons. The number of fused-ring (bicyclic) bond motifs is 1. The van der Waals surface area contributed by atoms with Gasteiger partial charge in [0.2, 0.25) is 0 Å². The Balaban J connectivity index is 1.38. The first-order chi connectivity index (χ1) is 13.5. The number of rotatable bonds is 4. The summed E-state index contributed by atoms with van der Waals surface area (Å²) in [6.45, 7) is 1.78. The highest BCUT2D eigenvalue weighted by atomic mass is 32.1. The van der Waals surface area contributed by atoms with Gasteiger partial charge in [0, 0.05) is 24.7 Å². The lowest BCUT2D eigenvalue weighted by Gasteiger charge is -2.30. The maximum atomic E-state index is 12.7. The van der Waals surface area contributed by atoms with Crippen LogP contribution in [0.25, 0.3) is 11.0 Å². The molecule has 0 bridgehead atoms. The Morgan fingerprint density at radius 1 is 1.14 bits per heavy atom. The number of nitrogens with zero attached hydrogens (tertiary/aromatic N) is 4. The Hall–Kier alpha value is -2.81. The molecule has 1 fully saturated rings. The third kappa shape index (κ3) is 3.75. The van der Waals surface area contributed by atoms with Crippen LogP contribution in [0.3, 0.4) is 0 Å². The molecule has 1 aliphatic rings. The topological polar surface area (TPSA) is 102 Å². The van der Waals surface area contributed by atoms with Gasteiger partial charge in [0.05, 0.1) is 34.8 Å². The molecule has 2 heterocycles. The van der Waals surface area contributed by atoms with E-state index in [2.05, 4.69) is 24.4 Å². The molecule has 0 saturated heterocycles. The van der Waals surface area contributed by atoms with E-state index >= 15 is 0 Å². The molecule has 0 unspecified atom stereocenters. The molecule has 4 rings (SSSR count). The summed E-state index contributed by atoms with van der Waals surface area (Å²) in [6, 6.07) is 5.59. The second-order valence-electron chi connectivity index (χ2n) is 7.26. The van der Waals surface area contributed by atoms with E-state index in [1.807, 2.05) is 29.8 Å². The van der Waals surface area contributed by atoms with Gasteiger partial charge in [0.25, 0.3) is 11.8 Å². The van der Waals surface area contributed by atoms with Crippen molar-refractivity contribution in [3.63, 3.8) is 0 Å². The van der Waals surface area contributed by atoms with Crippen LogP contribution in [0.5, 0.6) is 0 Å². The van der Waals surface area contributed by atoms with Crippen molar-refractivity contribution in [1.29, 1.82) is 0 Å². The van der Waals surface area contributed by atoms with Gasteiger partial charge in [-0.3, -0.25) is 9.59 Å². The number of aromatic nitrogens is 4. The van der Waals surface area contributed by atoms with E-state index in [0.717, 1.165) is 42.0 Å². The highest BCUT2D eigenvalue weighted by Gasteiger charge is 2.26. The van der Waals surface area contributed by atoms with Gasteiger partial charge in [-0.2, -0.15) is 8.75 Å². The van der Waals surface area contributed by atoms with Crippen molar-refractivity contribution in [2.75, 3.05) is 0 Å². The third-order valence-corrected chi connectivity index (χ3v) is 5.82. The molecule has 2 N–H and O–H groups in total. The van der Waals surface area contributed by atoms with E-state index in [1.165, 1.54) is 0 Å². The molecule has 28 heavy (non-hydrogen) atoms. The Morgan fingerprint density at radius 2 is 1.89 bits per heavy atom. The zero-order chi connectivity index (χ0) is 19.7. The molecule has 9 heteroatoms. The maximum absolute atomic E-state index is 12.7. The second kappa shape index (κ2) is 7.67. The van der Waals surface area contributed by atoms with E-state index in [1.54, 1.807) is 13.3 Å². The van der Waals surface area contributed by atoms with Crippen molar-refractivity contribution < 1.29 is 9.59 Å². The van der Waals surface area contributed by atoms with Crippen molar-refractivity contribution in [3.05, 3.63) is 41.5 Å². The molecule has 3 aromatic rings. The van der Waals surface area contributed by atoms with Gasteiger partial charge in [0.15, 0.2) is 5.69 Å². The Morgan fingerprint density at radius 3 is 2.61 bits per heavy atom. The van der Waals surface area contributed by atoms with Crippen molar-refractivity contribution in [2.24, 2.45) is 7.05 Å². The number of benzene rings is 1. The fourth-order valence-electron chi connectivity index (χ4n) is 3.69. The number of imidazole rings is 1. The lowest BCUT2D eigenvalue weighted by atomic mass is 9.90. The van der Waals surface area contributed by atoms with Crippen LogP contribution in [-0.4, -0.2) is 42.2 Å². The number of nitrogens with one attached hydrogen (secondary N) is 2. The first-order valence-corrected chi connectivity index (χ1v) is 10.1. The van der Waals surface area contributed by atoms with Crippen LogP contribution in [0.2, 0.25) is 0 Å². The average molecular weight is 398 g/mol. The van der Waals surface area contributed by atoms with Crippen LogP contribution >= 0.6 is 11.7 Å². The van der Waals surface area contributed by atoms with E-state index in [4.69, 9.17) is 0 Å². The molecular formula is C19H22N6O2S. The van der Waals surface area contributed by atoms with E-state index in [0.29, 0.717) is 23.4 Å². The minimum Gasteiger partial charge on any atom is -0.349 e. The minimum atomic E-state index is -0.191. The van der Waals surface area contributed by atoms with Crippen molar-refractivity contribution in [2.45, 2.75) is 44.7 Å². The summed E-state index contributed by atoms with van der Waals surface area (Å²) < 4.78 is 10.0. The summed E-state index contributed by atoms with van der Waals surface area (Å²) in [4.78, 5) is 29.4. The Labute approximate surface area is 166 Å². The molecule has 0 aliphatic heterocycles. The van der Waals surface area contributed by atoms with Gasteiger partial charge in [-0.25, -0.2) is 4.98 Å². The molecule has 1 aromatic carbocycles. The molecule has 8 nitrogen and oxygen atoms in total. The predicted molar refractivity (Wildman–Crippen MR) is 106 cm³/mol. The first kappa shape index (κ1) is 18.5. The number of aryl methyl sites for hydroxylation is 2. The van der Waals surface area contributed by atoms with Crippen LogP contribution in [0.4, 0.5) is 0 Å². The van der Waals surface area contributed by atoms with E-state index < -0.39 is 0 Å². The highest BCUT2D eigenvalue weighted by molar-refractivity contribution is 6.99. The number of hydrogen-bond acceptors (Lipinski definition) is 6. The van der Waals surface area contributed by atoms with Crippen LogP contribution < -0.4 is 10.6 Å². The Bertz CT molecular complexity index is 1030. The number of carbonyl (C=O) groups is 2. The summed E-state index contributed by atoms with van der Waals surface area (Å²) in [5.41, 5.74) is 3.43. The van der Waals surface area contributed by atoms with Gasteiger partial charge >= 0.3 is 0 Å². The second-order valence-corrected chi connectivity index (χ2v) is 7.79. The van der Waals surface area contributed by atoms with Crippen molar-refractivity contribution >= 4 is 34.6 Å². The molecule has 1 saturated carbocycles. The monoisotopic (exact) mass is 398 g/mol. The standard InChI is InChI=1S/C19H22N6O2S/c1-11-17(24-28-23-11)19(27)22-14-5-3-4-13(9-14)21-18(26)12-6-7-16-15(8-12)20-10-25(16)2/h6-8,10,13-14H,3-5,9H2,1-2H3,(H,21,26)(H,22,27)/t13-,14-/m1/s1. The maximum Gasteiger partial charge on any atom is 0.273 e. The summed E-state index contributed by atoms with van der Waals surface area (Å²) in [7, 11) is 1.93. The van der Waals surface area contributed by atoms with Gasteiger partial charge in [-0.1, -0.05) is 0 Å². The van der Waals surface area contributed by atoms with Crippen LogP contribution in [-0.2, 0) is 7.05 Å². The zero-order valence-corrected chi connectivity index (χ0v) is 16.6. The molecular weight excluding hydrogens is 376 g/mol. The predicted octanol–water partition coefficient (Wildman–Crippen LogP) is 2.20. The van der Waals surface area contributed by atoms with Crippen molar-refractivity contribution in [3.8, 4) is 0 Å². The van der Waals surface area contributed by atoms with Crippen LogP contribution in [0, 0.1) is 6.92 Å². The van der Waals surface area contributed by atoms with Crippen LogP contribution in [0.1, 0.15) is 52.2 Å². The largest absolute Gasteiger partial charge is 0.349 e. The van der Waals surface area contributed by atoms with E-state index in [-0.39, 0.29) is 23.9 Å². The van der Waals surface area contributed by atoms with Crippen molar-refractivity contribution in [1.82, 2.24) is 28.9 Å². The SMILES string of the molecule is Cc1nsnc1C(=O)N[C@@H]1CCC[C@@H](NC(=O)c2ccc3c(c2)ncn3C)C1. The molecule has 0 spiro atoms. The van der Waals surface area contributed by atoms with Gasteiger partial charge < -0.3 is 15.2 Å². The highest BCUT2D eigenvalue weighted by Crippen LogP contribution is 2.20. The van der Waals surface area contributed by atoms with Crippen LogP contribution in [0.15, 0.2) is 24.5 Å². The number of hydrogen-bond donors (Lipinski definition) is 2. The fraction of sp³-hybridized carbons (Fsp3) is 0.421. The van der Waals surface area contributed by atoms with E-state index in [9.17, 15) is 9.59 Å². The molecule has 1 aliphatic carbocycles. The molecule has 2 atom stereocenters. The first-order valence-electron chi connectivity index (χ1n) is 9.33. The third-order valence-electron chi connectivity index (χ3n) is 5.20. The average Bonchev–Trinajstić information content (AvgIpc) is 3.27. The lowest BCUT2D eigenvalue weighted by Crippen LogP contribution is -2.46. The summed E-state index contributed by atoms with van der Waals surface area (Å²) in [6.07, 6.45) is 5.19.